The fraction of sp³-hybridized carbons (Fsp3) is 1.00. The monoisotopic (exact) mass is 170 g/mol. The van der Waals surface area contributed by atoms with Gasteiger partial charge in [-0.2, -0.15) is 0 Å². The first-order valence-corrected chi connectivity index (χ1v) is 5.02. The fourth-order valence-corrected chi connectivity index (χ4v) is 2.38. The molecule has 3 atom stereocenters. The van der Waals surface area contributed by atoms with E-state index in [1.54, 1.807) is 0 Å². The second kappa shape index (κ2) is 3.35. The van der Waals surface area contributed by atoms with E-state index in [1.165, 1.54) is 12.8 Å². The zero-order valence-corrected chi connectivity index (χ0v) is 7.95. The Hall–Kier alpha value is -0.0800. The molecule has 0 aromatic rings. The molecule has 0 radical (unpaired) electrons. The van der Waals surface area contributed by atoms with Crippen LogP contribution in [0.2, 0.25) is 0 Å². The van der Waals surface area contributed by atoms with Crippen LogP contribution >= 0.6 is 0 Å². The molecule has 2 saturated heterocycles. The van der Waals surface area contributed by atoms with Crippen molar-refractivity contribution in [2.24, 2.45) is 17.8 Å². The molecule has 0 bridgehead atoms. The van der Waals surface area contributed by atoms with Gasteiger partial charge in [-0.15, -0.1) is 0 Å². The molecule has 0 aromatic carbocycles. The summed E-state index contributed by atoms with van der Waals surface area (Å²) in [5, 5.41) is 0. The molecule has 2 nitrogen and oxygen atoms in total. The van der Waals surface area contributed by atoms with Gasteiger partial charge in [0.2, 0.25) is 0 Å². The normalized spacial score (nSPS) is 41.8. The maximum atomic E-state index is 5.61. The van der Waals surface area contributed by atoms with Crippen molar-refractivity contribution in [1.29, 1.82) is 0 Å². The lowest BCUT2D eigenvalue weighted by atomic mass is 9.82. The van der Waals surface area contributed by atoms with Crippen molar-refractivity contribution in [3.63, 3.8) is 0 Å². The predicted octanol–water partition coefficient (Wildman–Crippen LogP) is 2.04. The van der Waals surface area contributed by atoms with E-state index in [4.69, 9.17) is 9.47 Å². The van der Waals surface area contributed by atoms with Crippen LogP contribution in [0.25, 0.3) is 0 Å². The van der Waals surface area contributed by atoms with Crippen LogP contribution in [-0.4, -0.2) is 19.5 Å². The van der Waals surface area contributed by atoms with Crippen LogP contribution in [-0.2, 0) is 9.47 Å². The largest absolute Gasteiger partial charge is 0.352 e. The molecule has 2 aliphatic heterocycles. The van der Waals surface area contributed by atoms with E-state index >= 15 is 0 Å². The third-order valence-electron chi connectivity index (χ3n) is 3.17. The van der Waals surface area contributed by atoms with Crippen molar-refractivity contribution < 1.29 is 9.47 Å². The molecule has 2 heteroatoms. The van der Waals surface area contributed by atoms with Crippen LogP contribution in [0.3, 0.4) is 0 Å². The third kappa shape index (κ3) is 1.38. The number of hydrogen-bond acceptors (Lipinski definition) is 2. The van der Waals surface area contributed by atoms with Crippen molar-refractivity contribution in [3.05, 3.63) is 0 Å². The molecule has 0 spiro atoms. The third-order valence-corrected chi connectivity index (χ3v) is 3.17. The van der Waals surface area contributed by atoms with E-state index < -0.39 is 0 Å². The molecule has 0 aromatic heterocycles. The Bertz CT molecular complexity index is 156. The second-order valence-corrected chi connectivity index (χ2v) is 4.29. The van der Waals surface area contributed by atoms with E-state index in [0.717, 1.165) is 25.0 Å². The Kier molecular flexibility index (Phi) is 2.37. The highest BCUT2D eigenvalue weighted by atomic mass is 16.7. The van der Waals surface area contributed by atoms with Gasteiger partial charge < -0.3 is 9.47 Å². The molecule has 2 fully saturated rings. The van der Waals surface area contributed by atoms with Crippen LogP contribution in [0.1, 0.15) is 26.7 Å². The topological polar surface area (TPSA) is 18.5 Å². The molecule has 2 aliphatic rings. The van der Waals surface area contributed by atoms with Gasteiger partial charge in [0.25, 0.3) is 0 Å². The summed E-state index contributed by atoms with van der Waals surface area (Å²) in [5.74, 6) is 2.15. The van der Waals surface area contributed by atoms with Crippen LogP contribution in [0.15, 0.2) is 0 Å². The Morgan fingerprint density at radius 3 is 2.83 bits per heavy atom. The van der Waals surface area contributed by atoms with Gasteiger partial charge in [-0.25, -0.2) is 0 Å². The maximum absolute atomic E-state index is 5.61. The molecule has 0 saturated carbocycles. The van der Waals surface area contributed by atoms with Gasteiger partial charge in [0, 0.05) is 12.5 Å². The number of ether oxygens (including phenoxy) is 2. The predicted molar refractivity (Wildman–Crippen MR) is 46.7 cm³/mol. The lowest BCUT2D eigenvalue weighted by Crippen LogP contribution is -2.30. The van der Waals surface area contributed by atoms with E-state index in [0.29, 0.717) is 5.92 Å². The Balaban J connectivity index is 2.01. The second-order valence-electron chi connectivity index (χ2n) is 4.29. The van der Waals surface area contributed by atoms with Gasteiger partial charge in [0.15, 0.2) is 6.29 Å². The van der Waals surface area contributed by atoms with Crippen molar-refractivity contribution in [2.75, 3.05) is 13.2 Å². The first-order valence-electron chi connectivity index (χ1n) is 5.02. The fourth-order valence-electron chi connectivity index (χ4n) is 2.38. The van der Waals surface area contributed by atoms with Crippen molar-refractivity contribution >= 4 is 0 Å². The van der Waals surface area contributed by atoms with Crippen LogP contribution in [0.5, 0.6) is 0 Å². The molecular formula is C10H18O2. The van der Waals surface area contributed by atoms with Crippen molar-refractivity contribution in [3.8, 4) is 0 Å². The minimum atomic E-state index is 0.131. The smallest absolute Gasteiger partial charge is 0.160 e. The SMILES string of the molecule is CC(C)[C@@H]1CO[C@@H]2OCCC[C@@H]21. The summed E-state index contributed by atoms with van der Waals surface area (Å²) in [6.45, 7) is 6.37. The summed E-state index contributed by atoms with van der Waals surface area (Å²) in [5.41, 5.74) is 0. The highest BCUT2D eigenvalue weighted by molar-refractivity contribution is 4.83. The maximum Gasteiger partial charge on any atom is 0.160 e. The molecule has 12 heavy (non-hydrogen) atoms. The molecule has 70 valence electrons. The average molecular weight is 170 g/mol. The first-order chi connectivity index (χ1) is 5.79. The Morgan fingerprint density at radius 2 is 2.08 bits per heavy atom. The van der Waals surface area contributed by atoms with Crippen LogP contribution in [0, 0.1) is 17.8 Å². The summed E-state index contributed by atoms with van der Waals surface area (Å²) < 4.78 is 11.2. The molecule has 0 amide bonds. The first kappa shape index (κ1) is 8.52. The molecule has 2 rings (SSSR count). The van der Waals surface area contributed by atoms with E-state index in [1.807, 2.05) is 0 Å². The molecule has 0 N–H and O–H groups in total. The summed E-state index contributed by atoms with van der Waals surface area (Å²) in [7, 11) is 0. The van der Waals surface area contributed by atoms with Crippen molar-refractivity contribution in [2.45, 2.75) is 33.0 Å². The molecule has 0 aliphatic carbocycles. The molecular weight excluding hydrogens is 152 g/mol. The quantitative estimate of drug-likeness (QED) is 0.599. The Labute approximate surface area is 74.2 Å². The van der Waals surface area contributed by atoms with Gasteiger partial charge in [0.05, 0.1) is 6.61 Å². The van der Waals surface area contributed by atoms with Gasteiger partial charge >= 0.3 is 0 Å². The summed E-state index contributed by atoms with van der Waals surface area (Å²) in [6.07, 6.45) is 2.65. The van der Waals surface area contributed by atoms with Crippen LogP contribution in [0.4, 0.5) is 0 Å². The zero-order valence-electron chi connectivity index (χ0n) is 7.95. The standard InChI is InChI=1S/C10H18O2/c1-7(2)9-6-12-10-8(9)4-3-5-11-10/h7-10H,3-6H2,1-2H3/t8-,9+,10+/m1/s1. The van der Waals surface area contributed by atoms with Gasteiger partial charge in [-0.3, -0.25) is 0 Å². The summed E-state index contributed by atoms with van der Waals surface area (Å²) in [6, 6.07) is 0. The van der Waals surface area contributed by atoms with Gasteiger partial charge in [-0.05, 0) is 24.7 Å². The molecule has 2 heterocycles. The van der Waals surface area contributed by atoms with E-state index in [9.17, 15) is 0 Å². The van der Waals surface area contributed by atoms with Crippen molar-refractivity contribution in [1.82, 2.24) is 0 Å². The lowest BCUT2D eigenvalue weighted by Gasteiger charge is -2.28. The zero-order chi connectivity index (χ0) is 8.55. The number of fused-ring (bicyclic) bond motifs is 1. The lowest BCUT2D eigenvalue weighted by molar-refractivity contribution is -0.151. The number of hydrogen-bond donors (Lipinski definition) is 0. The van der Waals surface area contributed by atoms with E-state index in [2.05, 4.69) is 13.8 Å². The Morgan fingerprint density at radius 1 is 1.25 bits per heavy atom. The van der Waals surface area contributed by atoms with Crippen LogP contribution < -0.4 is 0 Å². The van der Waals surface area contributed by atoms with Gasteiger partial charge in [-0.1, -0.05) is 13.8 Å². The van der Waals surface area contributed by atoms with Gasteiger partial charge in [0.1, 0.15) is 0 Å². The minimum Gasteiger partial charge on any atom is -0.352 e. The summed E-state index contributed by atoms with van der Waals surface area (Å²) in [4.78, 5) is 0. The minimum absolute atomic E-state index is 0.131. The highest BCUT2D eigenvalue weighted by Gasteiger charge is 2.40. The molecule has 0 unspecified atom stereocenters. The summed E-state index contributed by atoms with van der Waals surface area (Å²) >= 11 is 0. The average Bonchev–Trinajstić information content (AvgIpc) is 2.47. The van der Waals surface area contributed by atoms with E-state index in [-0.39, 0.29) is 6.29 Å². The highest BCUT2D eigenvalue weighted by Crippen LogP contribution is 2.38. The number of rotatable bonds is 1.